The molecule has 3 heterocycles. The van der Waals surface area contributed by atoms with Crippen molar-refractivity contribution in [2.75, 3.05) is 31.5 Å². The molecule has 0 unspecified atom stereocenters. The van der Waals surface area contributed by atoms with E-state index >= 15 is 0 Å². The largest absolute Gasteiger partial charge is 0.367 e. The van der Waals surface area contributed by atoms with Crippen LogP contribution in [0.4, 0.5) is 5.82 Å². The molecule has 7 heteroatoms. The molecule has 90 valence electrons. The summed E-state index contributed by atoms with van der Waals surface area (Å²) in [4.78, 5) is 6.55. The highest BCUT2D eigenvalue weighted by Gasteiger charge is 2.10. The molecule has 0 radical (unpaired) electrons. The molecule has 2 aromatic rings. The zero-order chi connectivity index (χ0) is 11.5. The second kappa shape index (κ2) is 4.62. The van der Waals surface area contributed by atoms with Gasteiger partial charge >= 0.3 is 0 Å². The molecule has 17 heavy (non-hydrogen) atoms. The van der Waals surface area contributed by atoms with Crippen molar-refractivity contribution in [2.45, 2.75) is 12.8 Å². The first-order chi connectivity index (χ1) is 8.43. The molecule has 1 aliphatic heterocycles. The maximum absolute atomic E-state index is 4.10. The van der Waals surface area contributed by atoms with Crippen LogP contribution in [0.3, 0.4) is 0 Å². The molecule has 1 aliphatic rings. The molecule has 1 N–H and O–H groups in total. The number of aromatic nitrogens is 5. The second-order valence-electron chi connectivity index (χ2n) is 4.22. The SMILES string of the molecule is c1ncc2nnnn2c1NCCN1CCCC1. The van der Waals surface area contributed by atoms with E-state index in [9.17, 15) is 0 Å². The standard InChI is InChI=1S/C10H15N7/c1-2-5-16(4-1)6-3-12-9-7-11-8-10-13-14-15-17(9)10/h7-8,12H,1-6H2. The number of nitrogens with zero attached hydrogens (tertiary/aromatic N) is 6. The van der Waals surface area contributed by atoms with Crippen molar-refractivity contribution in [1.82, 2.24) is 29.9 Å². The van der Waals surface area contributed by atoms with Crippen molar-refractivity contribution in [1.29, 1.82) is 0 Å². The fourth-order valence-corrected chi connectivity index (χ4v) is 2.14. The maximum atomic E-state index is 4.10. The van der Waals surface area contributed by atoms with Crippen LogP contribution in [0.25, 0.3) is 5.65 Å². The van der Waals surface area contributed by atoms with Crippen LogP contribution in [0.5, 0.6) is 0 Å². The Morgan fingerprint density at radius 1 is 1.24 bits per heavy atom. The Hall–Kier alpha value is -1.76. The van der Waals surface area contributed by atoms with Crippen LogP contribution in [0.1, 0.15) is 12.8 Å². The van der Waals surface area contributed by atoms with E-state index in [1.165, 1.54) is 25.9 Å². The Bertz CT molecular complexity index is 488. The normalized spacial score (nSPS) is 16.7. The van der Waals surface area contributed by atoms with Gasteiger partial charge in [-0.1, -0.05) is 0 Å². The molecule has 1 saturated heterocycles. The van der Waals surface area contributed by atoms with Gasteiger partial charge in [0.2, 0.25) is 0 Å². The molecular weight excluding hydrogens is 218 g/mol. The summed E-state index contributed by atoms with van der Waals surface area (Å²) in [6.07, 6.45) is 6.03. The van der Waals surface area contributed by atoms with Gasteiger partial charge < -0.3 is 10.2 Å². The average Bonchev–Trinajstić information content (AvgIpc) is 2.99. The third kappa shape index (κ3) is 2.19. The highest BCUT2D eigenvalue weighted by molar-refractivity contribution is 5.43. The van der Waals surface area contributed by atoms with E-state index in [1.54, 1.807) is 16.9 Å². The van der Waals surface area contributed by atoms with Crippen LogP contribution in [0, 0.1) is 0 Å². The first-order valence-electron chi connectivity index (χ1n) is 5.92. The van der Waals surface area contributed by atoms with Gasteiger partial charge in [0, 0.05) is 13.1 Å². The molecule has 3 rings (SSSR count). The summed E-state index contributed by atoms with van der Waals surface area (Å²) in [5, 5.41) is 14.7. The van der Waals surface area contributed by atoms with Crippen LogP contribution in [0.2, 0.25) is 0 Å². The molecule has 0 saturated carbocycles. The Kier molecular flexibility index (Phi) is 2.83. The van der Waals surface area contributed by atoms with Gasteiger partial charge in [0.05, 0.1) is 12.4 Å². The number of hydrogen-bond acceptors (Lipinski definition) is 6. The van der Waals surface area contributed by atoms with Crippen LogP contribution in [-0.2, 0) is 0 Å². The minimum Gasteiger partial charge on any atom is -0.367 e. The lowest BCUT2D eigenvalue weighted by Gasteiger charge is -2.15. The Morgan fingerprint density at radius 2 is 2.12 bits per heavy atom. The van der Waals surface area contributed by atoms with Crippen molar-refractivity contribution >= 4 is 11.5 Å². The lowest BCUT2D eigenvalue weighted by molar-refractivity contribution is 0.352. The molecular formula is C10H15N7. The molecule has 2 aromatic heterocycles. The van der Waals surface area contributed by atoms with Gasteiger partial charge in [-0.2, -0.15) is 4.52 Å². The molecule has 0 aromatic carbocycles. The topological polar surface area (TPSA) is 71.2 Å². The van der Waals surface area contributed by atoms with E-state index < -0.39 is 0 Å². The zero-order valence-corrected chi connectivity index (χ0v) is 9.58. The van der Waals surface area contributed by atoms with Crippen molar-refractivity contribution in [3.8, 4) is 0 Å². The Morgan fingerprint density at radius 3 is 3.00 bits per heavy atom. The van der Waals surface area contributed by atoms with Crippen molar-refractivity contribution < 1.29 is 0 Å². The van der Waals surface area contributed by atoms with Crippen molar-refractivity contribution in [3.63, 3.8) is 0 Å². The summed E-state index contributed by atoms with van der Waals surface area (Å²) in [7, 11) is 0. The number of hydrogen-bond donors (Lipinski definition) is 1. The van der Waals surface area contributed by atoms with E-state index in [1.807, 2.05) is 0 Å². The van der Waals surface area contributed by atoms with Crippen LogP contribution in [-0.4, -0.2) is 56.1 Å². The Labute approximate surface area is 98.8 Å². The van der Waals surface area contributed by atoms with Gasteiger partial charge in [-0.15, -0.1) is 5.10 Å². The number of rotatable bonds is 4. The van der Waals surface area contributed by atoms with Crippen LogP contribution in [0.15, 0.2) is 12.4 Å². The molecule has 0 spiro atoms. The van der Waals surface area contributed by atoms with E-state index in [-0.39, 0.29) is 0 Å². The number of nitrogens with one attached hydrogen (secondary N) is 1. The van der Waals surface area contributed by atoms with E-state index in [0.29, 0.717) is 5.65 Å². The van der Waals surface area contributed by atoms with E-state index in [2.05, 4.69) is 30.7 Å². The predicted molar refractivity (Wildman–Crippen MR) is 62.7 cm³/mol. The summed E-state index contributed by atoms with van der Waals surface area (Å²) in [6, 6.07) is 0. The van der Waals surface area contributed by atoms with Crippen molar-refractivity contribution in [3.05, 3.63) is 12.4 Å². The van der Waals surface area contributed by atoms with Gasteiger partial charge in [0.1, 0.15) is 5.82 Å². The lowest BCUT2D eigenvalue weighted by atomic mass is 10.4. The lowest BCUT2D eigenvalue weighted by Crippen LogP contribution is -2.26. The third-order valence-corrected chi connectivity index (χ3v) is 3.04. The number of likely N-dealkylation sites (tertiary alicyclic amines) is 1. The first kappa shape index (κ1) is 10.4. The van der Waals surface area contributed by atoms with Gasteiger partial charge in [-0.25, -0.2) is 0 Å². The predicted octanol–water partition coefficient (Wildman–Crippen LogP) is 0.0270. The van der Waals surface area contributed by atoms with Crippen LogP contribution >= 0.6 is 0 Å². The third-order valence-electron chi connectivity index (χ3n) is 3.04. The summed E-state index contributed by atoms with van der Waals surface area (Å²) in [6.45, 7) is 4.38. The first-order valence-corrected chi connectivity index (χ1v) is 5.92. The number of tetrazole rings is 1. The van der Waals surface area contributed by atoms with Gasteiger partial charge in [-0.3, -0.25) is 4.98 Å². The summed E-state index contributed by atoms with van der Waals surface area (Å²) in [5.41, 5.74) is 0.663. The van der Waals surface area contributed by atoms with Crippen LogP contribution < -0.4 is 5.32 Å². The van der Waals surface area contributed by atoms with Crippen molar-refractivity contribution in [2.24, 2.45) is 0 Å². The fourth-order valence-electron chi connectivity index (χ4n) is 2.14. The average molecular weight is 233 g/mol. The molecule has 1 fully saturated rings. The minimum atomic E-state index is 0.663. The molecule has 0 bridgehead atoms. The monoisotopic (exact) mass is 233 g/mol. The molecule has 0 amide bonds. The smallest absolute Gasteiger partial charge is 0.199 e. The maximum Gasteiger partial charge on any atom is 0.199 e. The number of fused-ring (bicyclic) bond motifs is 1. The zero-order valence-electron chi connectivity index (χ0n) is 9.58. The highest BCUT2D eigenvalue weighted by Crippen LogP contribution is 2.08. The van der Waals surface area contributed by atoms with Gasteiger partial charge in [0.15, 0.2) is 5.65 Å². The van der Waals surface area contributed by atoms with Gasteiger partial charge in [0.25, 0.3) is 0 Å². The highest BCUT2D eigenvalue weighted by atomic mass is 15.5. The fraction of sp³-hybridized carbons (Fsp3) is 0.600. The summed E-state index contributed by atoms with van der Waals surface area (Å²) >= 11 is 0. The molecule has 7 nitrogen and oxygen atoms in total. The minimum absolute atomic E-state index is 0.663. The van der Waals surface area contributed by atoms with E-state index in [0.717, 1.165) is 18.9 Å². The number of anilines is 1. The van der Waals surface area contributed by atoms with E-state index in [4.69, 9.17) is 0 Å². The summed E-state index contributed by atoms with van der Waals surface area (Å²) in [5.74, 6) is 0.840. The second-order valence-corrected chi connectivity index (χ2v) is 4.22. The molecule has 0 aliphatic carbocycles. The quantitative estimate of drug-likeness (QED) is 0.803. The summed E-state index contributed by atoms with van der Waals surface area (Å²) < 4.78 is 1.66. The Balaban J connectivity index is 1.62. The van der Waals surface area contributed by atoms with Gasteiger partial charge in [-0.05, 0) is 36.4 Å². The molecule has 0 atom stereocenters.